The predicted molar refractivity (Wildman–Crippen MR) is 47.7 cm³/mol. The van der Waals surface area contributed by atoms with Gasteiger partial charge in [0.05, 0.1) is 19.8 Å². The Hall–Kier alpha value is -1.92. The molecule has 1 aromatic heterocycles. The summed E-state index contributed by atoms with van der Waals surface area (Å²) in [7, 11) is 2.02. The van der Waals surface area contributed by atoms with Crippen LogP contribution in [0.15, 0.2) is 23.7 Å². The monoisotopic (exact) mass is 177 g/mol. The molecular weight excluding hydrogens is 166 g/mol. The molecule has 0 spiro atoms. The maximum atomic E-state index is 7.43. The minimum Gasteiger partial charge on any atom is -0.422 e. The van der Waals surface area contributed by atoms with Crippen molar-refractivity contribution in [2.75, 3.05) is 0 Å². The van der Waals surface area contributed by atoms with Crippen LogP contribution in [-0.2, 0) is 13.6 Å². The Morgan fingerprint density at radius 1 is 1.69 bits per heavy atom. The van der Waals surface area contributed by atoms with E-state index in [1.165, 1.54) is 12.2 Å². The molecule has 0 unspecified atom stereocenters. The molecule has 1 heterocycles. The highest BCUT2D eigenvalue weighted by Gasteiger charge is 1.92. The summed E-state index contributed by atoms with van der Waals surface area (Å²) in [4.78, 5) is 2.58. The number of aliphatic imine (C=N–C) groups is 1. The van der Waals surface area contributed by atoms with E-state index in [2.05, 4.69) is 29.0 Å². The molecule has 0 saturated heterocycles. The van der Waals surface area contributed by atoms with Crippen LogP contribution < -0.4 is 4.57 Å². The van der Waals surface area contributed by atoms with Crippen LogP contribution in [0.5, 0.6) is 0 Å². The molecular formula is C8H11N5. The smallest absolute Gasteiger partial charge is 0.243 e. The van der Waals surface area contributed by atoms with E-state index >= 15 is 0 Å². The molecule has 0 atom stereocenters. The first-order chi connectivity index (χ1) is 6.24. The lowest BCUT2D eigenvalue weighted by Crippen LogP contribution is -2.23. The fourth-order valence-electron chi connectivity index (χ4n) is 0.711. The predicted octanol–water partition coefficient (Wildman–Crippen LogP) is 0.543. The van der Waals surface area contributed by atoms with E-state index in [1.54, 1.807) is 0 Å². The Kier molecular flexibility index (Phi) is 5.77. The number of hydrogen-bond donors (Lipinski definition) is 0. The summed E-state index contributed by atoms with van der Waals surface area (Å²) in [6.45, 7) is 3.18. The number of rotatable bonds is 1. The molecule has 0 aliphatic heterocycles. The highest BCUT2D eigenvalue weighted by Crippen LogP contribution is 1.79. The molecule has 0 aromatic carbocycles. The average Bonchev–Trinajstić information content (AvgIpc) is 2.54. The first-order valence-electron chi connectivity index (χ1n) is 3.73. The second-order valence-electron chi connectivity index (χ2n) is 2.22. The first-order valence-corrected chi connectivity index (χ1v) is 3.73. The number of hydrogen-bond acceptors (Lipinski definition) is 2. The maximum absolute atomic E-state index is 7.43. The van der Waals surface area contributed by atoms with Crippen molar-refractivity contribution in [1.29, 1.82) is 5.26 Å². The number of imidazole rings is 1. The van der Waals surface area contributed by atoms with Crippen molar-refractivity contribution in [2.45, 2.75) is 13.5 Å². The highest BCUT2D eigenvalue weighted by atomic mass is 15.1. The number of aryl methyl sites for hydroxylation is 2. The SMILES string of the molecule is CCn1cc[n+](C)c1.N#CN=C=[N-]. The van der Waals surface area contributed by atoms with Gasteiger partial charge in [-0.15, -0.1) is 6.01 Å². The summed E-state index contributed by atoms with van der Waals surface area (Å²) in [5.41, 5.74) is 0. The molecule has 0 N–H and O–H groups in total. The van der Waals surface area contributed by atoms with Crippen LogP contribution in [0, 0.1) is 11.5 Å². The molecule has 5 nitrogen and oxygen atoms in total. The van der Waals surface area contributed by atoms with Gasteiger partial charge in [-0.3, -0.25) is 0 Å². The zero-order chi connectivity index (χ0) is 10.1. The largest absolute Gasteiger partial charge is 0.422 e. The standard InChI is InChI=1S/C6H11N2.C2N3/c1-3-8-5-4-7(2)6-8;3-1-5-2-4/h4-6H,3H2,1-2H3;/q+1;-1. The van der Waals surface area contributed by atoms with E-state index in [1.807, 2.05) is 17.8 Å². The summed E-state index contributed by atoms with van der Waals surface area (Å²) < 4.78 is 4.16. The third-order valence-electron chi connectivity index (χ3n) is 1.29. The Balaban J connectivity index is 0.000000252. The molecule has 13 heavy (non-hydrogen) atoms. The van der Waals surface area contributed by atoms with Crippen molar-refractivity contribution in [3.8, 4) is 6.19 Å². The van der Waals surface area contributed by atoms with E-state index in [0.29, 0.717) is 0 Å². The Morgan fingerprint density at radius 3 is 2.54 bits per heavy atom. The van der Waals surface area contributed by atoms with Crippen LogP contribution in [0.3, 0.4) is 0 Å². The molecule has 0 fully saturated rings. The van der Waals surface area contributed by atoms with E-state index in [0.717, 1.165) is 6.54 Å². The summed E-state index contributed by atoms with van der Waals surface area (Å²) in [6.07, 6.45) is 7.42. The minimum atomic E-state index is 1.06. The van der Waals surface area contributed by atoms with Crippen molar-refractivity contribution in [3.63, 3.8) is 0 Å². The Labute approximate surface area is 77.1 Å². The minimum absolute atomic E-state index is 1.06. The normalized spacial score (nSPS) is 7.46. The lowest BCUT2D eigenvalue weighted by atomic mass is 10.7. The summed E-state index contributed by atoms with van der Waals surface area (Å²) in [6, 6.07) is 1.28. The third kappa shape index (κ3) is 5.36. The Bertz CT molecular complexity index is 327. The van der Waals surface area contributed by atoms with Crippen LogP contribution >= 0.6 is 0 Å². The molecule has 0 amide bonds. The summed E-state index contributed by atoms with van der Waals surface area (Å²) in [5.74, 6) is 0. The van der Waals surface area contributed by atoms with Crippen molar-refractivity contribution in [1.82, 2.24) is 4.57 Å². The van der Waals surface area contributed by atoms with Crippen molar-refractivity contribution < 1.29 is 4.57 Å². The highest BCUT2D eigenvalue weighted by molar-refractivity contribution is 5.46. The van der Waals surface area contributed by atoms with Crippen LogP contribution in [0.2, 0.25) is 0 Å². The molecule has 1 rings (SSSR count). The van der Waals surface area contributed by atoms with Gasteiger partial charge in [0.25, 0.3) is 0 Å². The zero-order valence-corrected chi connectivity index (χ0v) is 7.68. The Morgan fingerprint density at radius 2 is 2.38 bits per heavy atom. The maximum Gasteiger partial charge on any atom is 0.243 e. The van der Waals surface area contributed by atoms with Crippen molar-refractivity contribution >= 4 is 6.01 Å². The number of nitrogens with zero attached hydrogens (tertiary/aromatic N) is 5. The fraction of sp³-hybridized carbons (Fsp3) is 0.375. The summed E-state index contributed by atoms with van der Waals surface area (Å²) in [5, 5.41) is 14.9. The topological polar surface area (TPSA) is 67.3 Å². The summed E-state index contributed by atoms with van der Waals surface area (Å²) >= 11 is 0. The van der Waals surface area contributed by atoms with Crippen LogP contribution in [0.4, 0.5) is 0 Å². The van der Waals surface area contributed by atoms with Crippen molar-refractivity contribution in [3.05, 3.63) is 24.1 Å². The van der Waals surface area contributed by atoms with Gasteiger partial charge < -0.3 is 10.4 Å². The molecule has 0 saturated carbocycles. The number of aromatic nitrogens is 2. The molecule has 68 valence electrons. The van der Waals surface area contributed by atoms with Gasteiger partial charge in [0, 0.05) is 0 Å². The van der Waals surface area contributed by atoms with E-state index in [-0.39, 0.29) is 0 Å². The van der Waals surface area contributed by atoms with Gasteiger partial charge in [0.1, 0.15) is 12.4 Å². The molecule has 0 aliphatic rings. The van der Waals surface area contributed by atoms with Gasteiger partial charge in [-0.05, 0) is 6.92 Å². The van der Waals surface area contributed by atoms with Gasteiger partial charge in [-0.1, -0.05) is 0 Å². The van der Waals surface area contributed by atoms with Gasteiger partial charge in [0.2, 0.25) is 6.33 Å². The first kappa shape index (κ1) is 11.1. The lowest BCUT2D eigenvalue weighted by molar-refractivity contribution is -0.671. The average molecular weight is 177 g/mol. The molecule has 0 aliphatic carbocycles. The van der Waals surface area contributed by atoms with Gasteiger partial charge >= 0.3 is 0 Å². The second-order valence-corrected chi connectivity index (χ2v) is 2.22. The van der Waals surface area contributed by atoms with E-state index < -0.39 is 0 Å². The van der Waals surface area contributed by atoms with Crippen LogP contribution in [-0.4, -0.2) is 10.6 Å². The molecule has 1 aromatic rings. The van der Waals surface area contributed by atoms with Crippen LogP contribution in [0.1, 0.15) is 6.92 Å². The fourth-order valence-corrected chi connectivity index (χ4v) is 0.711. The van der Waals surface area contributed by atoms with E-state index in [4.69, 9.17) is 10.7 Å². The third-order valence-corrected chi connectivity index (χ3v) is 1.29. The van der Waals surface area contributed by atoms with Gasteiger partial charge in [-0.2, -0.15) is 5.26 Å². The van der Waals surface area contributed by atoms with Gasteiger partial charge in [0.15, 0.2) is 0 Å². The quantitative estimate of drug-likeness (QED) is 0.351. The molecule has 5 heteroatoms. The molecule has 0 bridgehead atoms. The molecule has 0 radical (unpaired) electrons. The zero-order valence-electron chi connectivity index (χ0n) is 7.68. The van der Waals surface area contributed by atoms with Crippen molar-refractivity contribution in [2.24, 2.45) is 12.0 Å². The van der Waals surface area contributed by atoms with Gasteiger partial charge in [-0.25, -0.2) is 9.13 Å². The number of nitriles is 1. The van der Waals surface area contributed by atoms with E-state index in [9.17, 15) is 0 Å². The van der Waals surface area contributed by atoms with Crippen LogP contribution in [0.25, 0.3) is 5.41 Å². The lowest BCUT2D eigenvalue weighted by Gasteiger charge is -1.81. The second kappa shape index (κ2) is 6.77.